The highest BCUT2D eigenvalue weighted by Crippen LogP contribution is 2.19. The zero-order chi connectivity index (χ0) is 15.9. The lowest BCUT2D eigenvalue weighted by Gasteiger charge is -2.16. The molecule has 1 aromatic heterocycles. The summed E-state index contributed by atoms with van der Waals surface area (Å²) in [6.07, 6.45) is 7.92. The van der Waals surface area contributed by atoms with Gasteiger partial charge in [-0.1, -0.05) is 26.7 Å². The summed E-state index contributed by atoms with van der Waals surface area (Å²) in [7, 11) is -3.52. The summed E-state index contributed by atoms with van der Waals surface area (Å²) in [5, 5.41) is 3.23. The van der Waals surface area contributed by atoms with Crippen molar-refractivity contribution in [1.29, 1.82) is 0 Å². The van der Waals surface area contributed by atoms with Crippen LogP contribution in [0, 0.1) is 12.3 Å². The molecule has 6 heteroatoms. The van der Waals surface area contributed by atoms with Gasteiger partial charge in [0.05, 0.1) is 6.54 Å². The Balaban J connectivity index is 3.14. The molecule has 0 aliphatic rings. The van der Waals surface area contributed by atoms with Crippen LogP contribution in [-0.4, -0.2) is 36.9 Å². The third-order valence-corrected chi connectivity index (χ3v) is 5.13. The number of aromatic nitrogens is 1. The number of rotatable bonds is 9. The molecule has 0 aliphatic heterocycles. The van der Waals surface area contributed by atoms with Gasteiger partial charge in [-0.15, -0.1) is 6.42 Å². The van der Waals surface area contributed by atoms with E-state index in [0.29, 0.717) is 18.0 Å². The van der Waals surface area contributed by atoms with E-state index in [-0.39, 0.29) is 6.54 Å². The Hall–Kier alpha value is -1.29. The molecule has 1 aromatic rings. The minimum Gasteiger partial charge on any atom is -0.349 e. The quantitative estimate of drug-likeness (QED) is 0.706. The van der Waals surface area contributed by atoms with Gasteiger partial charge in [-0.25, -0.2) is 8.42 Å². The monoisotopic (exact) mass is 311 g/mol. The van der Waals surface area contributed by atoms with E-state index in [0.717, 1.165) is 25.2 Å². The van der Waals surface area contributed by atoms with E-state index in [1.165, 1.54) is 4.31 Å². The molecule has 118 valence electrons. The van der Waals surface area contributed by atoms with Crippen molar-refractivity contribution < 1.29 is 8.42 Å². The maximum Gasteiger partial charge on any atom is 0.245 e. The average Bonchev–Trinajstić information content (AvgIpc) is 2.86. The number of aryl methyl sites for hydroxylation is 1. The molecule has 0 saturated heterocycles. The van der Waals surface area contributed by atoms with Crippen LogP contribution in [0.2, 0.25) is 0 Å². The molecule has 0 bridgehead atoms. The Morgan fingerprint density at radius 2 is 2.10 bits per heavy atom. The third kappa shape index (κ3) is 4.34. The van der Waals surface area contributed by atoms with Crippen molar-refractivity contribution in [3.63, 3.8) is 0 Å². The molecule has 21 heavy (non-hydrogen) atoms. The number of nitrogens with zero attached hydrogens (tertiary/aromatic N) is 2. The standard InChI is InChI=1S/C15H25N3O2S/c1-5-9-17-13-15(11-14(17)12-16-7-3)21(19,20)18(8-4)10-6-2/h2,11,13,16H,5,7-10,12H2,1,3-4H3. The summed E-state index contributed by atoms with van der Waals surface area (Å²) in [4.78, 5) is 0.320. The number of hydrogen-bond acceptors (Lipinski definition) is 3. The van der Waals surface area contributed by atoms with E-state index in [2.05, 4.69) is 18.2 Å². The van der Waals surface area contributed by atoms with Gasteiger partial charge in [0.1, 0.15) is 4.90 Å². The topological polar surface area (TPSA) is 54.3 Å². The second-order valence-corrected chi connectivity index (χ2v) is 6.71. The molecule has 1 heterocycles. The molecule has 0 unspecified atom stereocenters. The van der Waals surface area contributed by atoms with Gasteiger partial charge in [-0.2, -0.15) is 4.31 Å². The van der Waals surface area contributed by atoms with Gasteiger partial charge in [0.2, 0.25) is 10.0 Å². The predicted octanol–water partition coefficient (Wildman–Crippen LogP) is 1.65. The Labute approximate surface area is 128 Å². The molecule has 0 fully saturated rings. The summed E-state index contributed by atoms with van der Waals surface area (Å²) < 4.78 is 28.5. The Morgan fingerprint density at radius 3 is 2.62 bits per heavy atom. The SMILES string of the molecule is C#CCN(CC)S(=O)(=O)c1cc(CNCC)n(CCC)c1. The maximum atomic E-state index is 12.6. The van der Waals surface area contributed by atoms with E-state index in [1.54, 1.807) is 19.2 Å². The van der Waals surface area contributed by atoms with Gasteiger partial charge in [-0.05, 0) is 19.0 Å². The first-order valence-electron chi connectivity index (χ1n) is 7.34. The zero-order valence-electron chi connectivity index (χ0n) is 13.1. The minimum atomic E-state index is -3.52. The normalized spacial score (nSPS) is 11.8. The van der Waals surface area contributed by atoms with Gasteiger partial charge in [0, 0.05) is 31.5 Å². The fourth-order valence-corrected chi connectivity index (χ4v) is 3.56. The average molecular weight is 311 g/mol. The van der Waals surface area contributed by atoms with Crippen LogP contribution < -0.4 is 5.32 Å². The highest BCUT2D eigenvalue weighted by molar-refractivity contribution is 7.89. The van der Waals surface area contributed by atoms with Crippen molar-refractivity contribution in [3.05, 3.63) is 18.0 Å². The van der Waals surface area contributed by atoms with E-state index in [4.69, 9.17) is 6.42 Å². The van der Waals surface area contributed by atoms with Crippen LogP contribution in [0.4, 0.5) is 0 Å². The summed E-state index contributed by atoms with van der Waals surface area (Å²) in [5.74, 6) is 2.40. The molecule has 5 nitrogen and oxygen atoms in total. The van der Waals surface area contributed by atoms with Crippen molar-refractivity contribution in [2.75, 3.05) is 19.6 Å². The smallest absolute Gasteiger partial charge is 0.245 e. The molecule has 1 rings (SSSR count). The number of terminal acetylenes is 1. The van der Waals surface area contributed by atoms with E-state index < -0.39 is 10.0 Å². The Bertz CT molecular complexity index is 585. The molecule has 0 aromatic carbocycles. The molecule has 0 amide bonds. The Kier molecular flexibility index (Phi) is 6.96. The van der Waals surface area contributed by atoms with Crippen LogP contribution in [0.25, 0.3) is 0 Å². The van der Waals surface area contributed by atoms with Crippen LogP contribution in [0.1, 0.15) is 32.9 Å². The molecule has 0 aliphatic carbocycles. The summed E-state index contributed by atoms with van der Waals surface area (Å²) in [6.45, 7) is 8.66. The lowest BCUT2D eigenvalue weighted by atomic mass is 10.4. The largest absolute Gasteiger partial charge is 0.349 e. The molecule has 0 radical (unpaired) electrons. The highest BCUT2D eigenvalue weighted by Gasteiger charge is 2.24. The fourth-order valence-electron chi connectivity index (χ4n) is 2.13. The van der Waals surface area contributed by atoms with Crippen molar-refractivity contribution >= 4 is 10.0 Å². The summed E-state index contributed by atoms with van der Waals surface area (Å²) in [5.41, 5.74) is 0.981. The van der Waals surface area contributed by atoms with Crippen LogP contribution >= 0.6 is 0 Å². The Morgan fingerprint density at radius 1 is 1.38 bits per heavy atom. The number of hydrogen-bond donors (Lipinski definition) is 1. The summed E-state index contributed by atoms with van der Waals surface area (Å²) in [6, 6.07) is 1.74. The van der Waals surface area contributed by atoms with Crippen LogP contribution in [0.15, 0.2) is 17.2 Å². The first kappa shape index (κ1) is 17.8. The van der Waals surface area contributed by atoms with Crippen molar-refractivity contribution in [1.82, 2.24) is 14.2 Å². The van der Waals surface area contributed by atoms with E-state index >= 15 is 0 Å². The van der Waals surface area contributed by atoms with Crippen LogP contribution in [-0.2, 0) is 23.1 Å². The lowest BCUT2D eigenvalue weighted by Crippen LogP contribution is -2.31. The highest BCUT2D eigenvalue weighted by atomic mass is 32.2. The van der Waals surface area contributed by atoms with Crippen molar-refractivity contribution in [3.8, 4) is 12.3 Å². The molecule has 1 N–H and O–H groups in total. The van der Waals surface area contributed by atoms with Crippen LogP contribution in [0.5, 0.6) is 0 Å². The fraction of sp³-hybridized carbons (Fsp3) is 0.600. The molecule has 0 spiro atoms. The lowest BCUT2D eigenvalue weighted by molar-refractivity contribution is 0.464. The summed E-state index contributed by atoms with van der Waals surface area (Å²) >= 11 is 0. The van der Waals surface area contributed by atoms with Gasteiger partial charge < -0.3 is 9.88 Å². The first-order chi connectivity index (χ1) is 10.0. The molecular weight excluding hydrogens is 286 g/mol. The van der Waals surface area contributed by atoms with Gasteiger partial charge in [-0.3, -0.25) is 0 Å². The van der Waals surface area contributed by atoms with E-state index in [9.17, 15) is 8.42 Å². The van der Waals surface area contributed by atoms with Crippen LogP contribution in [0.3, 0.4) is 0 Å². The van der Waals surface area contributed by atoms with Gasteiger partial charge in [0.25, 0.3) is 0 Å². The minimum absolute atomic E-state index is 0.0976. The maximum absolute atomic E-state index is 12.6. The first-order valence-corrected chi connectivity index (χ1v) is 8.78. The molecule has 0 atom stereocenters. The van der Waals surface area contributed by atoms with Gasteiger partial charge >= 0.3 is 0 Å². The molecule has 0 saturated carbocycles. The van der Waals surface area contributed by atoms with Gasteiger partial charge in [0.15, 0.2) is 0 Å². The second-order valence-electron chi connectivity index (χ2n) is 4.78. The predicted molar refractivity (Wildman–Crippen MR) is 85.4 cm³/mol. The molecular formula is C15H25N3O2S. The zero-order valence-corrected chi connectivity index (χ0v) is 13.9. The number of sulfonamides is 1. The number of nitrogens with one attached hydrogen (secondary N) is 1. The van der Waals surface area contributed by atoms with E-state index in [1.807, 2.05) is 11.5 Å². The third-order valence-electron chi connectivity index (χ3n) is 3.24. The second kappa shape index (κ2) is 8.23. The van der Waals surface area contributed by atoms with Crippen molar-refractivity contribution in [2.45, 2.75) is 45.2 Å². The van der Waals surface area contributed by atoms with Crippen molar-refractivity contribution in [2.24, 2.45) is 0 Å².